The zero-order valence-electron chi connectivity index (χ0n) is 74.7. The van der Waals surface area contributed by atoms with Crippen molar-refractivity contribution in [3.8, 4) is 45.8 Å². The van der Waals surface area contributed by atoms with E-state index in [1.54, 1.807) is 18.3 Å². The number of phenolic OH excluding ortho intramolecular Hbond substituents is 6. The number of benzene rings is 10. The lowest BCUT2D eigenvalue weighted by Crippen LogP contribution is -2.38. The first kappa shape index (κ1) is 93.8. The number of nitrogens with one attached hydrogen (secondary N) is 3. The smallest absolute Gasteiger partial charge is 0.247 e. The normalized spacial score (nSPS) is 18.5. The summed E-state index contributed by atoms with van der Waals surface area (Å²) in [6.45, 7) is 16.9. The maximum Gasteiger partial charge on any atom is 0.247 e. The fourth-order valence-electron chi connectivity index (χ4n) is 19.8. The standard InChI is InChI=1S/C32H32ClN3O4S.C28H31NO4S.C22H29N3O3S.C20H25N3O3S/c1-20-18-34-32(33)35-30(20)23-8-10-24(11-9-23)31-27-13-7-22(15-21-5-3-2-4-6-21)16-25(27)19-36(31)41(39,40)29-14-12-26(37)17-28(29)38;1-19-7-10-22(11-8-19)28-25-13-9-21(15-20-5-3-2-4-6-20)16-23(25)18-29(28)34(32,33)27-14-12-24(30)17-26(27)31;1-3-24-10-8-19(9-11-24)23-20-6-5-17-14-25(15-18(17)13-20)29(27,28)22-7-4-16(2)12-21(22)26;1-14-2-5-20(19(24)10-14)27(25,26)23-12-15-3-4-18(11-16(15)13-23)22-17-6-8-21-9-7-17/h7-14,16-18,21,31,37-38H,2-6,15,19H2,1H3;7-14,16-17,20,28,30-31H,2-6,15,18H2,1H3;4-7,12-13,19,23,26H,3,8-11,14-15H2,1-2H3;2-5,10-11,17,21-22,24H,6-9,12-13H2,1H3/t31-;28-;;/m00../s1. The Morgan fingerprint density at radius 3 is 1.24 bits per heavy atom. The molecule has 2 saturated carbocycles. The lowest BCUT2D eigenvalue weighted by atomic mass is 9.84. The van der Waals surface area contributed by atoms with Crippen LogP contribution in [0, 0.1) is 39.5 Å². The Hall–Kier alpha value is -10.5. The van der Waals surface area contributed by atoms with E-state index < -0.39 is 63.7 Å². The SMILES string of the molecule is CCN1CCC(Nc2ccc3c(c2)CN(S(=O)(=O)c2ccc(C)cc2O)C3)CC1.Cc1ccc(S(=O)(=O)N2Cc3ccc(NC4CCNCC4)cc3C2)c(O)c1.Cc1ccc([C@H]2c3ccc(CC4CCCCC4)cc3CN2S(=O)(=O)c2ccc(O)cc2O)cc1.Cc1cnc(Cl)nc1-c1ccc([C@H]2c3ccc(CC4CCCCC4)cc3CN2S(=O)(=O)c2ccc(O)cc2O)cc1. The van der Waals surface area contributed by atoms with Crippen LogP contribution in [0.3, 0.4) is 0 Å². The van der Waals surface area contributed by atoms with Crippen molar-refractivity contribution in [2.75, 3.05) is 43.4 Å². The minimum atomic E-state index is -4.13. The molecule has 29 heteroatoms. The first-order chi connectivity index (χ1) is 62.8. The molecule has 2 atom stereocenters. The van der Waals surface area contributed by atoms with E-state index in [0.29, 0.717) is 55.8 Å². The van der Waals surface area contributed by atoms with E-state index in [4.69, 9.17) is 11.6 Å². The number of fused-ring (bicyclic) bond motifs is 4. The number of sulfonamides is 4. The molecule has 690 valence electrons. The number of anilines is 2. The first-order valence-corrected chi connectivity index (χ1v) is 51.7. The summed E-state index contributed by atoms with van der Waals surface area (Å²) in [7, 11) is -15.6. The number of nitrogens with zero attached hydrogens (tertiary/aromatic N) is 7. The van der Waals surface area contributed by atoms with Crippen LogP contribution in [0.5, 0.6) is 34.5 Å². The second kappa shape index (κ2) is 40.1. The summed E-state index contributed by atoms with van der Waals surface area (Å²) < 4.78 is 113. The Labute approximate surface area is 775 Å². The summed E-state index contributed by atoms with van der Waals surface area (Å²) in [6, 6.07) is 57.0. The van der Waals surface area contributed by atoms with Crippen LogP contribution >= 0.6 is 11.6 Å². The van der Waals surface area contributed by atoms with E-state index >= 15 is 0 Å². The third-order valence-corrected chi connectivity index (χ3v) is 34.6. The highest BCUT2D eigenvalue weighted by atomic mass is 35.5. The Bertz CT molecular complexity index is 6490. The molecule has 131 heavy (non-hydrogen) atoms. The molecular formula is C102H117ClN10O14S4. The van der Waals surface area contributed by atoms with Crippen LogP contribution in [0.25, 0.3) is 11.3 Å². The van der Waals surface area contributed by atoms with Crippen LogP contribution < -0.4 is 16.0 Å². The molecule has 2 saturated heterocycles. The van der Waals surface area contributed by atoms with Gasteiger partial charge in [0.25, 0.3) is 0 Å². The minimum absolute atomic E-state index is 0.0306. The molecule has 8 aliphatic rings. The molecule has 2 aliphatic carbocycles. The number of hydrogen-bond acceptors (Lipinski definition) is 20. The molecule has 4 fully saturated rings. The van der Waals surface area contributed by atoms with Gasteiger partial charge in [-0.2, -0.15) is 17.2 Å². The number of aromatic hydroxyl groups is 6. The Kier molecular flexibility index (Phi) is 28.7. The highest BCUT2D eigenvalue weighted by Crippen LogP contribution is 2.48. The van der Waals surface area contributed by atoms with Gasteiger partial charge < -0.3 is 51.5 Å². The van der Waals surface area contributed by atoms with Crippen LogP contribution in [-0.4, -0.2) is 141 Å². The topological polar surface area (TPSA) is 336 Å². The van der Waals surface area contributed by atoms with Crippen molar-refractivity contribution in [1.82, 2.24) is 37.4 Å². The summed E-state index contributed by atoms with van der Waals surface area (Å²) in [5.74, 6) is -0.329. The molecule has 0 unspecified atom stereocenters. The third kappa shape index (κ3) is 21.3. The van der Waals surface area contributed by atoms with Crippen LogP contribution in [0.2, 0.25) is 5.28 Å². The number of likely N-dealkylation sites (tertiary alicyclic amines) is 1. The summed E-state index contributed by atoms with van der Waals surface area (Å²) in [5.41, 5.74) is 19.4. The summed E-state index contributed by atoms with van der Waals surface area (Å²) in [4.78, 5) is 10.4. The van der Waals surface area contributed by atoms with Crippen LogP contribution in [0.4, 0.5) is 11.4 Å². The van der Waals surface area contributed by atoms with Gasteiger partial charge in [0.15, 0.2) is 0 Å². The molecule has 7 heterocycles. The first-order valence-electron chi connectivity index (χ1n) is 45.6. The van der Waals surface area contributed by atoms with Crippen molar-refractivity contribution in [1.29, 1.82) is 0 Å². The van der Waals surface area contributed by atoms with E-state index in [1.165, 1.54) is 141 Å². The highest BCUT2D eigenvalue weighted by Gasteiger charge is 2.44. The average Bonchev–Trinajstić information content (AvgIpc) is 1.60. The van der Waals surface area contributed by atoms with Gasteiger partial charge in [0.1, 0.15) is 54.1 Å². The molecule has 19 rings (SSSR count). The van der Waals surface area contributed by atoms with E-state index in [9.17, 15) is 64.3 Å². The number of rotatable bonds is 20. The number of phenols is 6. The Morgan fingerprint density at radius 1 is 0.405 bits per heavy atom. The van der Waals surface area contributed by atoms with E-state index in [-0.39, 0.29) is 61.0 Å². The number of aryl methyl sites for hydroxylation is 4. The third-order valence-electron chi connectivity index (χ3n) is 27.0. The number of aromatic nitrogens is 2. The van der Waals surface area contributed by atoms with E-state index in [2.05, 4.69) is 86.3 Å². The molecule has 0 radical (unpaired) electrons. The fraction of sp³-hybridized carbons (Fsp3) is 0.373. The van der Waals surface area contributed by atoms with Crippen LogP contribution in [-0.2, 0) is 92.2 Å². The predicted octanol–water partition coefficient (Wildman–Crippen LogP) is 18.6. The van der Waals surface area contributed by atoms with Crippen molar-refractivity contribution < 1.29 is 64.3 Å². The molecule has 0 bridgehead atoms. The molecule has 6 aliphatic heterocycles. The Balaban J connectivity index is 0.000000129. The van der Waals surface area contributed by atoms with Gasteiger partial charge in [-0.1, -0.05) is 186 Å². The molecular weight excluding hydrogens is 1750 g/mol. The van der Waals surface area contributed by atoms with Crippen molar-refractivity contribution in [2.45, 2.75) is 220 Å². The van der Waals surface area contributed by atoms with Gasteiger partial charge in [0.2, 0.25) is 45.4 Å². The zero-order chi connectivity index (χ0) is 92.2. The molecule has 0 amide bonds. The summed E-state index contributed by atoms with van der Waals surface area (Å²) in [6.07, 6.45) is 20.9. The van der Waals surface area contributed by atoms with Crippen molar-refractivity contribution in [3.63, 3.8) is 0 Å². The quantitative estimate of drug-likeness (QED) is 0.0320. The predicted molar refractivity (Wildman–Crippen MR) is 510 cm³/mol. The second-order valence-corrected chi connectivity index (χ2v) is 44.2. The molecule has 10 aromatic carbocycles. The van der Waals surface area contributed by atoms with Gasteiger partial charge in [0, 0.05) is 99.7 Å². The lowest BCUT2D eigenvalue weighted by Gasteiger charge is -2.32. The number of halogens is 1. The van der Waals surface area contributed by atoms with Gasteiger partial charge in [-0.15, -0.1) is 0 Å². The monoisotopic (exact) mass is 1870 g/mol. The van der Waals surface area contributed by atoms with Crippen LogP contribution in [0.15, 0.2) is 220 Å². The maximum atomic E-state index is 14.0. The zero-order valence-corrected chi connectivity index (χ0v) is 78.7. The molecule has 1 aromatic heterocycles. The van der Waals surface area contributed by atoms with E-state index in [1.807, 2.05) is 100 Å². The average molecular weight is 1870 g/mol. The van der Waals surface area contributed by atoms with Gasteiger partial charge in [0.05, 0.1) is 17.8 Å². The Morgan fingerprint density at radius 2 is 0.809 bits per heavy atom. The lowest BCUT2D eigenvalue weighted by molar-refractivity contribution is 0.229. The second-order valence-electron chi connectivity index (χ2n) is 36.4. The summed E-state index contributed by atoms with van der Waals surface area (Å²) in [5, 5.41) is 71.3. The molecule has 0 spiro atoms. The van der Waals surface area contributed by atoms with Gasteiger partial charge in [-0.25, -0.2) is 43.6 Å². The summed E-state index contributed by atoms with van der Waals surface area (Å²) >= 11 is 6.05. The molecule has 24 nitrogen and oxygen atoms in total. The highest BCUT2D eigenvalue weighted by molar-refractivity contribution is 7.90. The number of hydrogen-bond donors (Lipinski definition) is 9. The van der Waals surface area contributed by atoms with Crippen molar-refractivity contribution in [3.05, 3.63) is 295 Å². The van der Waals surface area contributed by atoms with Crippen molar-refractivity contribution in [2.24, 2.45) is 11.8 Å². The van der Waals surface area contributed by atoms with Gasteiger partial charge in [-0.05, 0) is 266 Å². The largest absolute Gasteiger partial charge is 0.508 e. The maximum absolute atomic E-state index is 14.0. The fourth-order valence-corrected chi connectivity index (χ4v) is 26.2. The molecule has 11 aromatic rings. The van der Waals surface area contributed by atoms with Crippen molar-refractivity contribution >= 4 is 63.1 Å². The molecule has 9 N–H and O–H groups in total. The van der Waals surface area contributed by atoms with Crippen LogP contribution in [0.1, 0.15) is 198 Å². The van der Waals surface area contributed by atoms with Gasteiger partial charge >= 0.3 is 0 Å². The van der Waals surface area contributed by atoms with E-state index in [0.717, 1.165) is 178 Å². The van der Waals surface area contributed by atoms with Gasteiger partial charge in [-0.3, -0.25) is 0 Å². The minimum Gasteiger partial charge on any atom is -0.508 e. The number of piperidine rings is 2.